The normalized spacial score (nSPS) is 21.7. The van der Waals surface area contributed by atoms with Crippen LogP contribution in [0, 0.1) is 0 Å². The van der Waals surface area contributed by atoms with Gasteiger partial charge in [-0.2, -0.15) is 0 Å². The van der Waals surface area contributed by atoms with Crippen molar-refractivity contribution in [3.8, 4) is 0 Å². The Labute approximate surface area is 54.0 Å². The number of nitrogens with zero attached hydrogens (tertiary/aromatic N) is 1. The number of nitrogens with two attached hydrogens (primary N) is 1. The number of hydrogen-bond acceptors (Lipinski definition) is 3. The Morgan fingerprint density at radius 1 is 1.78 bits per heavy atom. The van der Waals surface area contributed by atoms with Crippen LogP contribution in [-0.4, -0.2) is 37.1 Å². The summed E-state index contributed by atoms with van der Waals surface area (Å²) in [6.45, 7) is 2.54. The number of amides is 1. The molecule has 9 heavy (non-hydrogen) atoms. The van der Waals surface area contributed by atoms with Gasteiger partial charge in [0.25, 0.3) is 0 Å². The van der Waals surface area contributed by atoms with Gasteiger partial charge in [0.15, 0.2) is 0 Å². The highest BCUT2D eigenvalue weighted by Gasteiger charge is 2.13. The Balaban J connectivity index is 2.32. The monoisotopic (exact) mass is 129 g/mol. The van der Waals surface area contributed by atoms with Crippen molar-refractivity contribution in [2.45, 2.75) is 0 Å². The van der Waals surface area contributed by atoms with E-state index in [0.29, 0.717) is 13.2 Å². The minimum absolute atomic E-state index is 0.0756. The first-order valence-electron chi connectivity index (χ1n) is 3.02. The van der Waals surface area contributed by atoms with Crippen molar-refractivity contribution in [3.05, 3.63) is 0 Å². The van der Waals surface area contributed by atoms with Gasteiger partial charge in [-0.1, -0.05) is 0 Å². The summed E-state index contributed by atoms with van der Waals surface area (Å²) in [5.41, 5.74) is 5.31. The quantitative estimate of drug-likeness (QED) is 0.445. The van der Waals surface area contributed by atoms with Crippen LogP contribution in [-0.2, 0) is 4.79 Å². The first kappa shape index (κ1) is 6.51. The molecule has 0 saturated carbocycles. The first-order chi connectivity index (χ1) is 4.33. The minimum Gasteiger partial charge on any atom is -0.354 e. The number of carbonyl (C=O) groups is 1. The molecule has 0 atom stereocenters. The summed E-state index contributed by atoms with van der Waals surface area (Å²) < 4.78 is 0. The van der Waals surface area contributed by atoms with E-state index >= 15 is 0 Å². The highest BCUT2D eigenvalue weighted by atomic mass is 16.2. The van der Waals surface area contributed by atoms with Crippen LogP contribution in [0.5, 0.6) is 0 Å². The Bertz CT molecular complexity index is 115. The van der Waals surface area contributed by atoms with E-state index in [9.17, 15) is 4.79 Å². The molecule has 1 saturated heterocycles. The summed E-state index contributed by atoms with van der Waals surface area (Å²) in [5, 5.41) is 2.71. The molecule has 0 aromatic heterocycles. The molecule has 1 fully saturated rings. The Hall–Kier alpha value is -0.610. The number of hydrogen-bond donors (Lipinski definition) is 2. The molecular formula is C5H11N3O. The molecule has 1 aliphatic heterocycles. The lowest BCUT2D eigenvalue weighted by molar-refractivity contribution is -0.124. The molecule has 0 spiro atoms. The van der Waals surface area contributed by atoms with Crippen molar-refractivity contribution in [2.75, 3.05) is 26.3 Å². The molecule has 0 bridgehead atoms. The average molecular weight is 129 g/mol. The zero-order valence-electron chi connectivity index (χ0n) is 5.26. The molecule has 52 valence electrons. The van der Waals surface area contributed by atoms with E-state index in [-0.39, 0.29) is 5.91 Å². The molecule has 0 aromatic carbocycles. The second-order valence-electron chi connectivity index (χ2n) is 2.09. The van der Waals surface area contributed by atoms with Gasteiger partial charge in [0.2, 0.25) is 5.91 Å². The zero-order valence-corrected chi connectivity index (χ0v) is 5.26. The molecule has 0 unspecified atom stereocenters. The van der Waals surface area contributed by atoms with E-state index in [1.165, 1.54) is 0 Å². The van der Waals surface area contributed by atoms with Gasteiger partial charge in [0.1, 0.15) is 0 Å². The molecule has 0 aliphatic carbocycles. The molecular weight excluding hydrogens is 118 g/mol. The van der Waals surface area contributed by atoms with Gasteiger partial charge in [-0.05, 0) is 0 Å². The maximum atomic E-state index is 10.6. The number of piperazine rings is 1. The smallest absolute Gasteiger partial charge is 0.234 e. The van der Waals surface area contributed by atoms with E-state index in [4.69, 9.17) is 5.73 Å². The molecule has 4 nitrogen and oxygen atoms in total. The molecule has 1 heterocycles. The Kier molecular flexibility index (Phi) is 2.02. The highest BCUT2D eigenvalue weighted by Crippen LogP contribution is 1.87. The predicted molar refractivity (Wildman–Crippen MR) is 33.6 cm³/mol. The summed E-state index contributed by atoms with van der Waals surface area (Å²) in [6.07, 6.45) is 0. The molecule has 4 heteroatoms. The van der Waals surface area contributed by atoms with E-state index in [2.05, 4.69) is 5.32 Å². The molecule has 3 N–H and O–H groups in total. The van der Waals surface area contributed by atoms with Crippen molar-refractivity contribution in [2.24, 2.45) is 5.73 Å². The van der Waals surface area contributed by atoms with Crippen molar-refractivity contribution in [3.63, 3.8) is 0 Å². The second kappa shape index (κ2) is 2.80. The fourth-order valence-electron chi connectivity index (χ4n) is 0.847. The first-order valence-corrected chi connectivity index (χ1v) is 3.02. The minimum atomic E-state index is 0.0756. The third-order valence-corrected chi connectivity index (χ3v) is 1.38. The van der Waals surface area contributed by atoms with Crippen LogP contribution in [0.1, 0.15) is 0 Å². The SMILES string of the molecule is NCN1CCNC(=O)C1. The van der Waals surface area contributed by atoms with Gasteiger partial charge in [0, 0.05) is 19.8 Å². The summed E-state index contributed by atoms with van der Waals surface area (Å²) in [7, 11) is 0. The maximum Gasteiger partial charge on any atom is 0.234 e. The summed E-state index contributed by atoms with van der Waals surface area (Å²) >= 11 is 0. The van der Waals surface area contributed by atoms with Gasteiger partial charge in [-0.3, -0.25) is 9.69 Å². The Morgan fingerprint density at radius 3 is 3.00 bits per heavy atom. The third-order valence-electron chi connectivity index (χ3n) is 1.38. The summed E-state index contributed by atoms with van der Waals surface area (Å²) in [4.78, 5) is 12.5. The van der Waals surface area contributed by atoms with Gasteiger partial charge in [-0.25, -0.2) is 0 Å². The molecule has 1 aliphatic rings. The lowest BCUT2D eigenvalue weighted by Gasteiger charge is -2.24. The van der Waals surface area contributed by atoms with Crippen molar-refractivity contribution >= 4 is 5.91 Å². The lowest BCUT2D eigenvalue weighted by Crippen LogP contribution is -2.49. The van der Waals surface area contributed by atoms with Crippen molar-refractivity contribution in [1.82, 2.24) is 10.2 Å². The molecule has 1 rings (SSSR count). The van der Waals surface area contributed by atoms with Crippen LogP contribution in [0.25, 0.3) is 0 Å². The van der Waals surface area contributed by atoms with Crippen molar-refractivity contribution in [1.29, 1.82) is 0 Å². The van der Waals surface area contributed by atoms with E-state index in [0.717, 1.165) is 13.1 Å². The van der Waals surface area contributed by atoms with Gasteiger partial charge >= 0.3 is 0 Å². The fourth-order valence-corrected chi connectivity index (χ4v) is 0.847. The molecule has 0 radical (unpaired) electrons. The zero-order chi connectivity index (χ0) is 6.69. The third kappa shape index (κ3) is 1.65. The average Bonchev–Trinajstić information content (AvgIpc) is 1.88. The lowest BCUT2D eigenvalue weighted by atomic mass is 10.4. The van der Waals surface area contributed by atoms with Crippen LogP contribution >= 0.6 is 0 Å². The van der Waals surface area contributed by atoms with E-state index < -0.39 is 0 Å². The predicted octanol–water partition coefficient (Wildman–Crippen LogP) is -1.67. The van der Waals surface area contributed by atoms with Gasteiger partial charge in [-0.15, -0.1) is 0 Å². The topological polar surface area (TPSA) is 58.4 Å². The van der Waals surface area contributed by atoms with Crippen molar-refractivity contribution < 1.29 is 4.79 Å². The standard InChI is InChI=1S/C5H11N3O/c6-4-8-2-1-7-5(9)3-8/h1-4,6H2,(H,7,9). The summed E-state index contributed by atoms with van der Waals surface area (Å²) in [6, 6.07) is 0. The second-order valence-corrected chi connectivity index (χ2v) is 2.09. The maximum absolute atomic E-state index is 10.6. The highest BCUT2D eigenvalue weighted by molar-refractivity contribution is 5.78. The molecule has 1 amide bonds. The van der Waals surface area contributed by atoms with E-state index in [1.54, 1.807) is 0 Å². The van der Waals surface area contributed by atoms with Crippen LogP contribution in [0.15, 0.2) is 0 Å². The Morgan fingerprint density at radius 2 is 2.56 bits per heavy atom. The number of rotatable bonds is 1. The van der Waals surface area contributed by atoms with Crippen LogP contribution < -0.4 is 11.1 Å². The van der Waals surface area contributed by atoms with E-state index in [1.807, 2.05) is 4.90 Å². The fraction of sp³-hybridized carbons (Fsp3) is 0.800. The largest absolute Gasteiger partial charge is 0.354 e. The van der Waals surface area contributed by atoms with Crippen LogP contribution in [0.3, 0.4) is 0 Å². The number of nitrogens with one attached hydrogen (secondary N) is 1. The summed E-state index contributed by atoms with van der Waals surface area (Å²) in [5.74, 6) is 0.0756. The van der Waals surface area contributed by atoms with Gasteiger partial charge in [0.05, 0.1) is 6.54 Å². The van der Waals surface area contributed by atoms with Crippen LogP contribution in [0.4, 0.5) is 0 Å². The van der Waals surface area contributed by atoms with Crippen LogP contribution in [0.2, 0.25) is 0 Å². The van der Waals surface area contributed by atoms with Gasteiger partial charge < -0.3 is 11.1 Å². The molecule has 0 aromatic rings. The number of carbonyl (C=O) groups excluding carboxylic acids is 1.